The average Bonchev–Trinajstić information content (AvgIpc) is 1.96. The zero-order chi connectivity index (χ0) is 11.1. The van der Waals surface area contributed by atoms with Crippen LogP contribution in [-0.2, 0) is 9.53 Å². The molecule has 0 saturated carbocycles. The predicted octanol–water partition coefficient (Wildman–Crippen LogP) is 0.374. The molecule has 1 N–H and O–H groups in total. The van der Waals surface area contributed by atoms with Crippen molar-refractivity contribution < 1.29 is 9.53 Å². The highest BCUT2D eigenvalue weighted by atomic mass is 16.5. The van der Waals surface area contributed by atoms with Crippen LogP contribution in [0.4, 0.5) is 0 Å². The Hall–Kier alpha value is -0.610. The molecule has 0 aliphatic carbocycles. The van der Waals surface area contributed by atoms with E-state index in [-0.39, 0.29) is 23.7 Å². The van der Waals surface area contributed by atoms with Crippen LogP contribution in [0.5, 0.6) is 0 Å². The van der Waals surface area contributed by atoms with Crippen molar-refractivity contribution in [2.75, 3.05) is 19.6 Å². The lowest BCUT2D eigenvalue weighted by Crippen LogP contribution is -2.60. The smallest absolute Gasteiger partial charge is 0.239 e. The van der Waals surface area contributed by atoms with Crippen molar-refractivity contribution >= 4 is 5.91 Å². The van der Waals surface area contributed by atoms with Crippen LogP contribution in [-0.4, -0.2) is 48.2 Å². The second kappa shape index (κ2) is 3.76. The largest absolute Gasteiger partial charge is 0.369 e. The van der Waals surface area contributed by atoms with Gasteiger partial charge in [0.25, 0.3) is 0 Å². The van der Waals surface area contributed by atoms with Crippen molar-refractivity contribution in [3.05, 3.63) is 0 Å². The Labute approximate surface area is 91.0 Å². The molecule has 0 aromatic heterocycles. The molecule has 2 heterocycles. The topological polar surface area (TPSA) is 41.6 Å². The molecule has 0 spiro atoms. The summed E-state index contributed by atoms with van der Waals surface area (Å²) in [5, 5.41) is 3.15. The van der Waals surface area contributed by atoms with Crippen molar-refractivity contribution in [2.24, 2.45) is 0 Å². The molecule has 15 heavy (non-hydrogen) atoms. The molecule has 2 atom stereocenters. The molecule has 0 bridgehead atoms. The second-order valence-corrected chi connectivity index (χ2v) is 5.20. The van der Waals surface area contributed by atoms with Gasteiger partial charge in [0.15, 0.2) is 0 Å². The monoisotopic (exact) mass is 212 g/mol. The maximum atomic E-state index is 12.0. The summed E-state index contributed by atoms with van der Waals surface area (Å²) in [6, 6.07) is 0.0612. The van der Waals surface area contributed by atoms with Crippen LogP contribution in [0.1, 0.15) is 27.2 Å². The Balaban J connectivity index is 1.99. The molecule has 0 aromatic rings. The fourth-order valence-corrected chi connectivity index (χ4v) is 2.34. The molecule has 1 unspecified atom stereocenters. The number of nitrogens with zero attached hydrogens (tertiary/aromatic N) is 1. The molecular weight excluding hydrogens is 192 g/mol. The number of nitrogens with one attached hydrogen (secondary N) is 1. The number of carbonyl (C=O) groups is 1. The summed E-state index contributed by atoms with van der Waals surface area (Å²) < 4.78 is 5.77. The van der Waals surface area contributed by atoms with E-state index in [9.17, 15) is 4.79 Å². The highest BCUT2D eigenvalue weighted by Crippen LogP contribution is 2.22. The molecule has 2 fully saturated rings. The maximum absolute atomic E-state index is 12.0. The SMILES string of the molecule is CC1CN(C(=O)[C@H]2CCN2)CC(C)(C)O1. The summed E-state index contributed by atoms with van der Waals surface area (Å²) in [5.41, 5.74) is -0.211. The highest BCUT2D eigenvalue weighted by molar-refractivity contribution is 5.83. The quantitative estimate of drug-likeness (QED) is 0.683. The fourth-order valence-electron chi connectivity index (χ4n) is 2.34. The zero-order valence-corrected chi connectivity index (χ0v) is 9.75. The van der Waals surface area contributed by atoms with Gasteiger partial charge in [-0.3, -0.25) is 4.79 Å². The van der Waals surface area contributed by atoms with Gasteiger partial charge in [0, 0.05) is 13.1 Å². The van der Waals surface area contributed by atoms with E-state index in [0.29, 0.717) is 6.54 Å². The van der Waals surface area contributed by atoms with Crippen LogP contribution < -0.4 is 5.32 Å². The summed E-state index contributed by atoms with van der Waals surface area (Å²) >= 11 is 0. The van der Waals surface area contributed by atoms with Gasteiger partial charge in [-0.2, -0.15) is 0 Å². The van der Waals surface area contributed by atoms with Gasteiger partial charge in [-0.25, -0.2) is 0 Å². The van der Waals surface area contributed by atoms with Crippen molar-refractivity contribution in [1.29, 1.82) is 0 Å². The van der Waals surface area contributed by atoms with Crippen LogP contribution in [0.15, 0.2) is 0 Å². The molecule has 86 valence electrons. The summed E-state index contributed by atoms with van der Waals surface area (Å²) in [5.74, 6) is 0.240. The molecule has 0 aromatic carbocycles. The number of amides is 1. The van der Waals surface area contributed by atoms with E-state index in [2.05, 4.69) is 5.32 Å². The fraction of sp³-hybridized carbons (Fsp3) is 0.909. The number of carbonyl (C=O) groups excluding carboxylic acids is 1. The van der Waals surface area contributed by atoms with Gasteiger partial charge in [0.05, 0.1) is 17.7 Å². The van der Waals surface area contributed by atoms with Gasteiger partial charge >= 0.3 is 0 Å². The van der Waals surface area contributed by atoms with Crippen LogP contribution in [0.25, 0.3) is 0 Å². The van der Waals surface area contributed by atoms with E-state index >= 15 is 0 Å². The minimum Gasteiger partial charge on any atom is -0.369 e. The van der Waals surface area contributed by atoms with Crippen molar-refractivity contribution in [3.63, 3.8) is 0 Å². The summed E-state index contributed by atoms with van der Waals surface area (Å²) in [6.07, 6.45) is 1.11. The molecule has 4 heteroatoms. The Morgan fingerprint density at radius 2 is 2.20 bits per heavy atom. The van der Waals surface area contributed by atoms with E-state index in [1.165, 1.54) is 0 Å². The van der Waals surface area contributed by atoms with E-state index in [1.807, 2.05) is 25.7 Å². The first-order valence-corrected chi connectivity index (χ1v) is 5.68. The first-order valence-electron chi connectivity index (χ1n) is 5.68. The third-order valence-electron chi connectivity index (χ3n) is 3.00. The summed E-state index contributed by atoms with van der Waals surface area (Å²) in [7, 11) is 0. The Kier molecular flexibility index (Phi) is 2.73. The lowest BCUT2D eigenvalue weighted by Gasteiger charge is -2.44. The molecule has 1 amide bonds. The Morgan fingerprint density at radius 3 is 2.67 bits per heavy atom. The lowest BCUT2D eigenvalue weighted by molar-refractivity contribution is -0.161. The van der Waals surface area contributed by atoms with Gasteiger partial charge in [0.1, 0.15) is 0 Å². The van der Waals surface area contributed by atoms with E-state index in [0.717, 1.165) is 19.5 Å². The van der Waals surface area contributed by atoms with Crippen LogP contribution >= 0.6 is 0 Å². The first-order chi connectivity index (χ1) is 6.98. The Bertz CT molecular complexity index is 261. The standard InChI is InChI=1S/C11H20N2O2/c1-8-6-13(7-11(2,3)15-8)10(14)9-4-5-12-9/h8-9,12H,4-7H2,1-3H3/t8?,9-/m1/s1. The van der Waals surface area contributed by atoms with Crippen molar-refractivity contribution in [1.82, 2.24) is 10.2 Å². The van der Waals surface area contributed by atoms with Gasteiger partial charge in [0.2, 0.25) is 5.91 Å². The van der Waals surface area contributed by atoms with Crippen molar-refractivity contribution in [2.45, 2.75) is 44.9 Å². The number of rotatable bonds is 1. The van der Waals surface area contributed by atoms with Gasteiger partial charge in [-0.05, 0) is 33.7 Å². The first kappa shape index (κ1) is 10.9. The molecule has 2 rings (SSSR count). The van der Waals surface area contributed by atoms with E-state index in [1.54, 1.807) is 0 Å². The Morgan fingerprint density at radius 1 is 1.53 bits per heavy atom. The highest BCUT2D eigenvalue weighted by Gasteiger charge is 2.37. The molecule has 4 nitrogen and oxygen atoms in total. The number of ether oxygens (including phenoxy) is 1. The van der Waals surface area contributed by atoms with E-state index < -0.39 is 0 Å². The second-order valence-electron chi connectivity index (χ2n) is 5.20. The average molecular weight is 212 g/mol. The third kappa shape index (κ3) is 2.32. The van der Waals surface area contributed by atoms with Gasteiger partial charge < -0.3 is 15.0 Å². The normalized spacial score (nSPS) is 34.7. The van der Waals surface area contributed by atoms with E-state index in [4.69, 9.17) is 4.74 Å². The summed E-state index contributed by atoms with van der Waals surface area (Å²) in [4.78, 5) is 14.0. The molecule has 2 saturated heterocycles. The maximum Gasteiger partial charge on any atom is 0.239 e. The lowest BCUT2D eigenvalue weighted by atomic mass is 10.0. The molecule has 0 radical (unpaired) electrons. The molecule has 2 aliphatic heterocycles. The number of hydrogen-bond acceptors (Lipinski definition) is 3. The number of hydrogen-bond donors (Lipinski definition) is 1. The predicted molar refractivity (Wildman–Crippen MR) is 57.6 cm³/mol. The van der Waals surface area contributed by atoms with Gasteiger partial charge in [-0.1, -0.05) is 0 Å². The zero-order valence-electron chi connectivity index (χ0n) is 9.75. The summed E-state index contributed by atoms with van der Waals surface area (Å²) in [6.45, 7) is 8.50. The minimum atomic E-state index is -0.211. The molecular formula is C11H20N2O2. The minimum absolute atomic E-state index is 0.0612. The third-order valence-corrected chi connectivity index (χ3v) is 3.00. The van der Waals surface area contributed by atoms with Crippen LogP contribution in [0, 0.1) is 0 Å². The molecule has 2 aliphatic rings. The van der Waals surface area contributed by atoms with Crippen LogP contribution in [0.2, 0.25) is 0 Å². The van der Waals surface area contributed by atoms with Crippen LogP contribution in [0.3, 0.4) is 0 Å². The van der Waals surface area contributed by atoms with Gasteiger partial charge in [-0.15, -0.1) is 0 Å². The van der Waals surface area contributed by atoms with Crippen molar-refractivity contribution in [3.8, 4) is 0 Å². The number of morpholine rings is 1.